The number of rotatable bonds is 5. The minimum atomic E-state index is -0.529. The summed E-state index contributed by atoms with van der Waals surface area (Å²) in [5.41, 5.74) is 2.18. The Balaban J connectivity index is 1.94. The molecule has 0 aliphatic rings. The molecule has 1 aromatic carbocycles. The third-order valence-corrected chi connectivity index (χ3v) is 3.77. The van der Waals surface area contributed by atoms with Crippen molar-refractivity contribution in [2.24, 2.45) is 19.2 Å². The molecular weight excluding hydrogens is 318 g/mol. The van der Waals surface area contributed by atoms with Crippen LogP contribution < -0.4 is 16.7 Å². The van der Waals surface area contributed by atoms with Crippen molar-refractivity contribution in [2.45, 2.75) is 5.03 Å². The van der Waals surface area contributed by atoms with Crippen LogP contribution in [0.15, 0.2) is 50.0 Å². The second-order valence-electron chi connectivity index (χ2n) is 4.57. The number of carbonyl (C=O) groups is 1. The van der Waals surface area contributed by atoms with E-state index in [2.05, 4.69) is 15.6 Å². The normalized spacial score (nSPS) is 10.9. The maximum atomic E-state index is 11.9. The molecule has 120 valence electrons. The van der Waals surface area contributed by atoms with Crippen molar-refractivity contribution in [3.63, 3.8) is 0 Å². The summed E-state index contributed by atoms with van der Waals surface area (Å²) in [7, 11) is 2.80. The van der Waals surface area contributed by atoms with Crippen molar-refractivity contribution in [2.75, 3.05) is 5.75 Å². The fourth-order valence-corrected chi connectivity index (χ4v) is 2.42. The van der Waals surface area contributed by atoms with E-state index in [4.69, 9.17) is 0 Å². The Morgan fingerprint density at radius 1 is 1.30 bits per heavy atom. The van der Waals surface area contributed by atoms with Crippen molar-refractivity contribution in [3.05, 3.63) is 56.7 Å². The van der Waals surface area contributed by atoms with Gasteiger partial charge in [0, 0.05) is 14.1 Å². The van der Waals surface area contributed by atoms with Crippen LogP contribution in [0.5, 0.6) is 0 Å². The van der Waals surface area contributed by atoms with Crippen LogP contribution in [-0.2, 0) is 18.9 Å². The van der Waals surface area contributed by atoms with E-state index < -0.39 is 11.2 Å². The summed E-state index contributed by atoms with van der Waals surface area (Å²) < 4.78 is 2.00. The predicted molar refractivity (Wildman–Crippen MR) is 87.6 cm³/mol. The molecule has 0 fully saturated rings. The summed E-state index contributed by atoms with van der Waals surface area (Å²) in [6.45, 7) is 0. The lowest BCUT2D eigenvalue weighted by Gasteiger charge is -2.04. The van der Waals surface area contributed by atoms with Gasteiger partial charge in [0.2, 0.25) is 5.91 Å². The summed E-state index contributed by atoms with van der Waals surface area (Å²) in [6.07, 6.45) is 1.52. The van der Waals surface area contributed by atoms with Crippen molar-refractivity contribution in [1.82, 2.24) is 19.8 Å². The van der Waals surface area contributed by atoms with E-state index in [0.717, 1.165) is 26.6 Å². The standard InChI is InChI=1S/C14H15N5O3S/c1-18-13(21)12(17-19(2)14(18)22)23-9-11(20)16-15-8-10-6-4-3-5-7-10/h3-8H,9H2,1-2H3,(H,16,20)/b15-8-. The van der Waals surface area contributed by atoms with Crippen molar-refractivity contribution in [1.29, 1.82) is 0 Å². The molecule has 0 atom stereocenters. The molecule has 0 aliphatic heterocycles. The highest BCUT2D eigenvalue weighted by atomic mass is 32.2. The van der Waals surface area contributed by atoms with Crippen LogP contribution in [0, 0.1) is 0 Å². The largest absolute Gasteiger partial charge is 0.346 e. The molecule has 0 bridgehead atoms. The maximum Gasteiger partial charge on any atom is 0.346 e. The third kappa shape index (κ3) is 4.39. The number of hydrogen-bond acceptors (Lipinski definition) is 6. The lowest BCUT2D eigenvalue weighted by atomic mass is 10.2. The number of aryl methyl sites for hydroxylation is 1. The number of aromatic nitrogens is 3. The first kappa shape index (κ1) is 16.7. The van der Waals surface area contributed by atoms with Crippen molar-refractivity contribution in [3.8, 4) is 0 Å². The number of hydrazone groups is 1. The summed E-state index contributed by atoms with van der Waals surface area (Å²) in [6, 6.07) is 9.30. The fraction of sp³-hybridized carbons (Fsp3) is 0.214. The van der Waals surface area contributed by atoms with Gasteiger partial charge in [0.05, 0.1) is 12.0 Å². The second-order valence-corrected chi connectivity index (χ2v) is 5.53. The first-order valence-electron chi connectivity index (χ1n) is 6.63. The molecule has 8 nitrogen and oxygen atoms in total. The minimum Gasteiger partial charge on any atom is -0.272 e. The molecule has 2 rings (SSSR count). The molecule has 1 N–H and O–H groups in total. The average molecular weight is 333 g/mol. The van der Waals surface area contributed by atoms with Gasteiger partial charge < -0.3 is 0 Å². The Morgan fingerprint density at radius 3 is 2.70 bits per heavy atom. The van der Waals surface area contributed by atoms with Gasteiger partial charge in [-0.1, -0.05) is 42.1 Å². The number of carbonyl (C=O) groups excluding carboxylic acids is 1. The van der Waals surface area contributed by atoms with E-state index in [1.165, 1.54) is 20.3 Å². The molecule has 0 saturated heterocycles. The van der Waals surface area contributed by atoms with Gasteiger partial charge in [0.1, 0.15) is 0 Å². The molecule has 1 aromatic heterocycles. The number of amides is 1. The SMILES string of the molecule is Cn1nc(SCC(=O)N/N=C\c2ccccc2)c(=O)n(C)c1=O. The number of benzene rings is 1. The highest BCUT2D eigenvalue weighted by Crippen LogP contribution is 2.07. The highest BCUT2D eigenvalue weighted by Gasteiger charge is 2.11. The Morgan fingerprint density at radius 2 is 2.00 bits per heavy atom. The first-order chi connectivity index (χ1) is 11.0. The Labute approximate surface area is 135 Å². The lowest BCUT2D eigenvalue weighted by molar-refractivity contribution is -0.118. The Hall–Kier alpha value is -2.68. The molecule has 0 unspecified atom stereocenters. The van der Waals surface area contributed by atoms with Crippen LogP contribution >= 0.6 is 11.8 Å². The maximum absolute atomic E-state index is 11.9. The number of thioether (sulfide) groups is 1. The number of hydrogen-bond donors (Lipinski definition) is 1. The van der Waals surface area contributed by atoms with E-state index >= 15 is 0 Å². The smallest absolute Gasteiger partial charge is 0.272 e. The van der Waals surface area contributed by atoms with Crippen LogP contribution in [0.25, 0.3) is 0 Å². The quantitative estimate of drug-likeness (QED) is 0.461. The van der Waals surface area contributed by atoms with Gasteiger partial charge in [0.25, 0.3) is 5.56 Å². The van der Waals surface area contributed by atoms with Crippen LogP contribution in [0.2, 0.25) is 0 Å². The van der Waals surface area contributed by atoms with Gasteiger partial charge in [-0.05, 0) is 5.56 Å². The molecule has 1 amide bonds. The van der Waals surface area contributed by atoms with Crippen molar-refractivity contribution < 1.29 is 4.79 Å². The Bertz CT molecular complexity index is 842. The first-order valence-corrected chi connectivity index (χ1v) is 7.61. The van der Waals surface area contributed by atoms with E-state index in [9.17, 15) is 14.4 Å². The van der Waals surface area contributed by atoms with Crippen molar-refractivity contribution >= 4 is 23.9 Å². The molecule has 23 heavy (non-hydrogen) atoms. The van der Waals surface area contributed by atoms with Crippen LogP contribution in [0.4, 0.5) is 0 Å². The van der Waals surface area contributed by atoms with E-state index in [1.54, 1.807) is 0 Å². The molecule has 1 heterocycles. The zero-order valence-electron chi connectivity index (χ0n) is 12.6. The van der Waals surface area contributed by atoms with Gasteiger partial charge in [0.15, 0.2) is 5.03 Å². The minimum absolute atomic E-state index is 0.0351. The van der Waals surface area contributed by atoms with Gasteiger partial charge >= 0.3 is 5.69 Å². The van der Waals surface area contributed by atoms with Crippen LogP contribution in [0.1, 0.15) is 5.56 Å². The van der Waals surface area contributed by atoms with Crippen LogP contribution in [-0.4, -0.2) is 32.2 Å². The number of nitrogens with one attached hydrogen (secondary N) is 1. The highest BCUT2D eigenvalue weighted by molar-refractivity contribution is 7.99. The Kier molecular flexibility index (Phi) is 5.47. The predicted octanol–water partition coefficient (Wildman–Crippen LogP) is -0.279. The summed E-state index contributed by atoms with van der Waals surface area (Å²) in [4.78, 5) is 35.1. The molecule has 2 aromatic rings. The van der Waals surface area contributed by atoms with E-state index in [-0.39, 0.29) is 16.7 Å². The molecule has 9 heteroatoms. The summed E-state index contributed by atoms with van der Waals surface area (Å²) >= 11 is 0.948. The monoisotopic (exact) mass is 333 g/mol. The second kappa shape index (κ2) is 7.54. The van der Waals surface area contributed by atoms with Gasteiger partial charge in [-0.25, -0.2) is 14.9 Å². The van der Waals surface area contributed by atoms with Gasteiger partial charge in [-0.15, -0.1) is 0 Å². The summed E-state index contributed by atoms with van der Waals surface area (Å²) in [5.74, 6) is -0.410. The molecule has 0 aliphatic carbocycles. The lowest BCUT2D eigenvalue weighted by Crippen LogP contribution is -2.39. The van der Waals surface area contributed by atoms with Gasteiger partial charge in [-0.3, -0.25) is 14.2 Å². The van der Waals surface area contributed by atoms with Crippen LogP contribution in [0.3, 0.4) is 0 Å². The topological polar surface area (TPSA) is 98.3 Å². The average Bonchev–Trinajstić information content (AvgIpc) is 2.56. The van der Waals surface area contributed by atoms with E-state index in [1.807, 2.05) is 30.3 Å². The zero-order valence-corrected chi connectivity index (χ0v) is 13.4. The molecule has 0 radical (unpaired) electrons. The summed E-state index contributed by atoms with van der Waals surface area (Å²) in [5, 5.41) is 7.76. The zero-order chi connectivity index (χ0) is 16.8. The molecule has 0 spiro atoms. The van der Waals surface area contributed by atoms with Gasteiger partial charge in [-0.2, -0.15) is 10.2 Å². The third-order valence-electron chi connectivity index (χ3n) is 2.83. The number of nitrogens with zero attached hydrogens (tertiary/aromatic N) is 4. The molecular formula is C14H15N5O3S. The fourth-order valence-electron chi connectivity index (χ4n) is 1.64. The molecule has 0 saturated carbocycles. The van der Waals surface area contributed by atoms with E-state index in [0.29, 0.717) is 0 Å².